The van der Waals surface area contributed by atoms with Crippen LogP contribution in [-0.4, -0.2) is 5.91 Å². The van der Waals surface area contributed by atoms with Crippen LogP contribution in [0.4, 0.5) is 0 Å². The Bertz CT molecular complexity index is 316. The zero-order valence-corrected chi connectivity index (χ0v) is 10.2. The molecule has 1 amide bonds. The normalized spacial score (nSPS) is 14.3. The smallest absolute Gasteiger partial charge is 0.232 e. The Kier molecular flexibility index (Phi) is 4.22. The Morgan fingerprint density at radius 1 is 1.64 bits per heavy atom. The molecule has 0 aliphatic heterocycles. The Balaban J connectivity index is 4.71. The lowest BCUT2D eigenvalue weighted by molar-refractivity contribution is -0.128. The van der Waals surface area contributed by atoms with Crippen molar-refractivity contribution in [2.75, 3.05) is 0 Å². The van der Waals surface area contributed by atoms with Crippen LogP contribution in [0.1, 0.15) is 20.8 Å². The summed E-state index contributed by atoms with van der Waals surface area (Å²) < 4.78 is 0. The SMILES string of the molecule is CC(C#N)C(C)(C)C(=O)NP(N)(N)=S. The number of carbonyl (C=O) groups excluding carboxylic acids is 1. The molecule has 0 aliphatic carbocycles. The van der Waals surface area contributed by atoms with E-state index in [2.05, 4.69) is 5.09 Å². The van der Waals surface area contributed by atoms with Crippen molar-refractivity contribution in [3.63, 3.8) is 0 Å². The van der Waals surface area contributed by atoms with Crippen molar-refractivity contribution < 1.29 is 4.79 Å². The van der Waals surface area contributed by atoms with Gasteiger partial charge in [0.1, 0.15) is 0 Å². The van der Waals surface area contributed by atoms with Gasteiger partial charge in [0.05, 0.1) is 17.4 Å². The maximum atomic E-state index is 11.6. The van der Waals surface area contributed by atoms with Gasteiger partial charge in [-0.05, 0) is 32.6 Å². The fourth-order valence-electron chi connectivity index (χ4n) is 0.661. The van der Waals surface area contributed by atoms with Crippen molar-refractivity contribution >= 4 is 24.2 Å². The minimum atomic E-state index is -2.74. The van der Waals surface area contributed by atoms with Crippen molar-refractivity contribution in [2.24, 2.45) is 22.3 Å². The first-order chi connectivity index (χ1) is 6.11. The molecule has 1 unspecified atom stereocenters. The van der Waals surface area contributed by atoms with Crippen molar-refractivity contribution in [1.82, 2.24) is 5.09 Å². The summed E-state index contributed by atoms with van der Waals surface area (Å²) in [4.78, 5) is 11.6. The largest absolute Gasteiger partial charge is 0.305 e. The average Bonchev–Trinajstić information content (AvgIpc) is 1.99. The maximum absolute atomic E-state index is 11.6. The first-order valence-corrected chi connectivity index (χ1v) is 6.95. The first-order valence-electron chi connectivity index (χ1n) is 4.01. The van der Waals surface area contributed by atoms with Gasteiger partial charge in [-0.1, -0.05) is 0 Å². The highest BCUT2D eigenvalue weighted by atomic mass is 32.4. The van der Waals surface area contributed by atoms with Gasteiger partial charge in [-0.3, -0.25) is 15.8 Å². The van der Waals surface area contributed by atoms with Crippen LogP contribution in [0.5, 0.6) is 0 Å². The minimum Gasteiger partial charge on any atom is -0.305 e. The molecule has 0 aromatic carbocycles. The van der Waals surface area contributed by atoms with Gasteiger partial charge in [0.25, 0.3) is 0 Å². The van der Waals surface area contributed by atoms with Crippen LogP contribution in [0.2, 0.25) is 0 Å². The number of amides is 1. The van der Waals surface area contributed by atoms with E-state index in [1.807, 2.05) is 6.07 Å². The van der Waals surface area contributed by atoms with Gasteiger partial charge in [0.2, 0.25) is 5.91 Å². The first kappa shape index (κ1) is 13.5. The molecule has 7 heteroatoms. The van der Waals surface area contributed by atoms with Crippen molar-refractivity contribution in [2.45, 2.75) is 20.8 Å². The van der Waals surface area contributed by atoms with Gasteiger partial charge in [-0.2, -0.15) is 5.26 Å². The molecule has 0 aromatic heterocycles. The van der Waals surface area contributed by atoms with E-state index in [0.717, 1.165) is 0 Å². The lowest BCUT2D eigenvalue weighted by Crippen LogP contribution is -2.41. The summed E-state index contributed by atoms with van der Waals surface area (Å²) in [6.07, 6.45) is 0. The quantitative estimate of drug-likeness (QED) is 0.614. The summed E-state index contributed by atoms with van der Waals surface area (Å²) >= 11 is 4.70. The summed E-state index contributed by atoms with van der Waals surface area (Å²) in [6.45, 7) is 2.23. The molecule has 14 heavy (non-hydrogen) atoms. The minimum absolute atomic E-state index is 0.375. The second-order valence-corrected chi connectivity index (χ2v) is 7.18. The molecule has 0 bridgehead atoms. The van der Waals surface area contributed by atoms with Gasteiger partial charge in [-0.15, -0.1) is 0 Å². The number of nitrogens with zero attached hydrogens (tertiary/aromatic N) is 1. The molecule has 0 rings (SSSR count). The monoisotopic (exact) mass is 234 g/mol. The van der Waals surface area contributed by atoms with E-state index >= 15 is 0 Å². The third-order valence-corrected chi connectivity index (χ3v) is 2.96. The predicted molar refractivity (Wildman–Crippen MR) is 59.4 cm³/mol. The van der Waals surface area contributed by atoms with Crippen molar-refractivity contribution in [3.05, 3.63) is 0 Å². The number of hydrogen-bond acceptors (Lipinski definition) is 3. The van der Waals surface area contributed by atoms with E-state index in [9.17, 15) is 4.79 Å². The number of nitriles is 1. The maximum Gasteiger partial charge on any atom is 0.232 e. The van der Waals surface area contributed by atoms with Crippen LogP contribution in [0.3, 0.4) is 0 Å². The van der Waals surface area contributed by atoms with Crippen LogP contribution in [0.15, 0.2) is 0 Å². The van der Waals surface area contributed by atoms with E-state index in [1.54, 1.807) is 20.8 Å². The second-order valence-electron chi connectivity index (χ2n) is 3.72. The fourth-order valence-corrected chi connectivity index (χ4v) is 1.52. The molecule has 0 saturated carbocycles. The average molecular weight is 234 g/mol. The number of nitrogens with one attached hydrogen (secondary N) is 1. The number of nitrogens with two attached hydrogens (primary N) is 2. The third-order valence-electron chi connectivity index (χ3n) is 2.14. The highest BCUT2D eigenvalue weighted by molar-refractivity contribution is 8.11. The molecule has 80 valence electrons. The van der Waals surface area contributed by atoms with Gasteiger partial charge < -0.3 is 5.09 Å². The molecule has 0 spiro atoms. The van der Waals surface area contributed by atoms with Gasteiger partial charge in [0.15, 0.2) is 6.49 Å². The Labute approximate surface area is 89.0 Å². The van der Waals surface area contributed by atoms with Crippen molar-refractivity contribution in [1.29, 1.82) is 5.26 Å². The Hall–Kier alpha value is -0.470. The Morgan fingerprint density at radius 2 is 2.07 bits per heavy atom. The van der Waals surface area contributed by atoms with Gasteiger partial charge in [0, 0.05) is 0 Å². The second kappa shape index (κ2) is 4.37. The molecule has 5 nitrogen and oxygen atoms in total. The lowest BCUT2D eigenvalue weighted by atomic mass is 9.80. The molecular formula is C7H15N4OPS. The molecule has 1 atom stereocenters. The van der Waals surface area contributed by atoms with E-state index in [1.165, 1.54) is 0 Å². The van der Waals surface area contributed by atoms with Gasteiger partial charge >= 0.3 is 0 Å². The van der Waals surface area contributed by atoms with Crippen molar-refractivity contribution in [3.8, 4) is 6.07 Å². The zero-order chi connectivity index (χ0) is 11.6. The Morgan fingerprint density at radius 3 is 2.36 bits per heavy atom. The van der Waals surface area contributed by atoms with Crippen LogP contribution in [0, 0.1) is 22.7 Å². The van der Waals surface area contributed by atoms with Crippen LogP contribution in [-0.2, 0) is 16.6 Å². The molecular weight excluding hydrogens is 219 g/mol. The predicted octanol–water partition coefficient (Wildman–Crippen LogP) is 0.430. The molecule has 5 N–H and O–H groups in total. The summed E-state index contributed by atoms with van der Waals surface area (Å²) in [5.74, 6) is -0.802. The molecule has 0 aliphatic rings. The highest BCUT2D eigenvalue weighted by Crippen LogP contribution is 2.30. The van der Waals surface area contributed by atoms with E-state index < -0.39 is 17.8 Å². The summed E-state index contributed by atoms with van der Waals surface area (Å²) in [5, 5.41) is 11.1. The lowest BCUT2D eigenvalue weighted by Gasteiger charge is -2.27. The molecule has 0 heterocycles. The van der Waals surface area contributed by atoms with E-state index in [-0.39, 0.29) is 5.91 Å². The standard InChI is InChI=1S/C7H15N4OPS/c1-5(4-8)7(2,3)6(12)11-13(9,10)14/h5H,1-3H3,(H5,9,10,11,12,14). The fraction of sp³-hybridized carbons (Fsp3) is 0.714. The van der Waals surface area contributed by atoms with E-state index in [0.29, 0.717) is 0 Å². The molecule has 0 aromatic rings. The molecule has 0 fully saturated rings. The summed E-state index contributed by atoms with van der Waals surface area (Å²) in [7, 11) is 0. The van der Waals surface area contributed by atoms with Crippen LogP contribution >= 0.6 is 6.49 Å². The summed E-state index contributed by atoms with van der Waals surface area (Å²) in [5.41, 5.74) is 9.89. The number of carbonyl (C=O) groups is 1. The number of rotatable bonds is 3. The number of hydrogen-bond donors (Lipinski definition) is 3. The third kappa shape index (κ3) is 3.72. The van der Waals surface area contributed by atoms with E-state index in [4.69, 9.17) is 28.1 Å². The molecule has 0 saturated heterocycles. The zero-order valence-electron chi connectivity index (χ0n) is 8.44. The highest BCUT2D eigenvalue weighted by Gasteiger charge is 2.35. The van der Waals surface area contributed by atoms with Gasteiger partial charge in [-0.25, -0.2) is 0 Å². The topological polar surface area (TPSA) is 105 Å². The molecule has 0 radical (unpaired) electrons. The summed E-state index contributed by atoms with van der Waals surface area (Å²) in [6, 6.07) is 2.01. The van der Waals surface area contributed by atoms with Crippen LogP contribution in [0.25, 0.3) is 0 Å². The van der Waals surface area contributed by atoms with Crippen LogP contribution < -0.4 is 16.1 Å².